The minimum atomic E-state index is 0. The van der Waals surface area contributed by atoms with Gasteiger partial charge in [-0.3, -0.25) is 0 Å². The Morgan fingerprint density at radius 2 is 1.88 bits per heavy atom. The summed E-state index contributed by atoms with van der Waals surface area (Å²) in [5.74, 6) is 1.33. The van der Waals surface area contributed by atoms with E-state index in [1.807, 2.05) is 30.3 Å². The second kappa shape index (κ2) is 9.37. The van der Waals surface area contributed by atoms with E-state index in [0.29, 0.717) is 11.5 Å². The van der Waals surface area contributed by atoms with Crippen molar-refractivity contribution < 1.29 is 0 Å². The summed E-state index contributed by atoms with van der Waals surface area (Å²) in [6.07, 6.45) is 2.20. The molecule has 0 aliphatic heterocycles. The molecule has 0 amide bonds. The summed E-state index contributed by atoms with van der Waals surface area (Å²) < 4.78 is 0.925. The molecule has 26 heavy (non-hydrogen) atoms. The van der Waals surface area contributed by atoms with Crippen LogP contribution in [-0.2, 0) is 0 Å². The fraction of sp³-hybridized carbons (Fsp3) is 0.211. The number of nitriles is 1. The SMILES string of the molecule is CCCCNc1nc(Nc2ccc(C#N)cc2)nc2c(Br)cccc12.Cl. The Kier molecular flexibility index (Phi) is 7.19. The summed E-state index contributed by atoms with van der Waals surface area (Å²) in [6.45, 7) is 3.03. The lowest BCUT2D eigenvalue weighted by atomic mass is 10.2. The predicted molar refractivity (Wildman–Crippen MR) is 112 cm³/mol. The molecule has 1 aromatic heterocycles. The molecule has 0 aliphatic carbocycles. The molecule has 0 saturated carbocycles. The first-order valence-corrected chi connectivity index (χ1v) is 8.98. The molecule has 0 unspecified atom stereocenters. The number of para-hydroxylation sites is 1. The van der Waals surface area contributed by atoms with Crippen LogP contribution in [0.2, 0.25) is 0 Å². The summed E-state index contributed by atoms with van der Waals surface area (Å²) in [5, 5.41) is 16.5. The second-order valence-corrected chi connectivity index (χ2v) is 6.48. The summed E-state index contributed by atoms with van der Waals surface area (Å²) in [5.41, 5.74) is 2.31. The predicted octanol–water partition coefficient (Wildman–Crippen LogP) is 5.64. The second-order valence-electron chi connectivity index (χ2n) is 5.63. The van der Waals surface area contributed by atoms with Crippen LogP contribution in [0.5, 0.6) is 0 Å². The highest BCUT2D eigenvalue weighted by atomic mass is 79.9. The molecule has 3 aromatic rings. The summed E-state index contributed by atoms with van der Waals surface area (Å²) in [6, 6.07) is 15.3. The molecule has 134 valence electrons. The van der Waals surface area contributed by atoms with Crippen molar-refractivity contribution in [2.24, 2.45) is 0 Å². The maximum absolute atomic E-state index is 8.90. The van der Waals surface area contributed by atoms with E-state index >= 15 is 0 Å². The van der Waals surface area contributed by atoms with E-state index in [1.165, 1.54) is 0 Å². The molecule has 3 rings (SSSR count). The zero-order valence-corrected chi connectivity index (χ0v) is 16.7. The third-order valence-corrected chi connectivity index (χ3v) is 4.41. The number of unbranched alkanes of at least 4 members (excludes halogenated alkanes) is 1. The summed E-state index contributed by atoms with van der Waals surface area (Å²) in [4.78, 5) is 9.26. The van der Waals surface area contributed by atoms with Crippen LogP contribution in [0.25, 0.3) is 10.9 Å². The van der Waals surface area contributed by atoms with Crippen LogP contribution in [0.15, 0.2) is 46.9 Å². The molecule has 2 N–H and O–H groups in total. The van der Waals surface area contributed by atoms with Gasteiger partial charge < -0.3 is 10.6 Å². The third-order valence-electron chi connectivity index (χ3n) is 3.77. The van der Waals surface area contributed by atoms with Gasteiger partial charge in [0.15, 0.2) is 0 Å². The van der Waals surface area contributed by atoms with E-state index in [2.05, 4.69) is 49.5 Å². The van der Waals surface area contributed by atoms with Gasteiger partial charge in [-0.15, -0.1) is 12.4 Å². The van der Waals surface area contributed by atoms with Gasteiger partial charge in [-0.1, -0.05) is 19.4 Å². The molecule has 2 aromatic carbocycles. The number of nitrogens with zero attached hydrogens (tertiary/aromatic N) is 3. The molecule has 0 bridgehead atoms. The zero-order chi connectivity index (χ0) is 17.6. The molecule has 0 spiro atoms. The van der Waals surface area contributed by atoms with Crippen LogP contribution in [0.4, 0.5) is 17.5 Å². The molecule has 7 heteroatoms. The molecule has 0 atom stereocenters. The highest BCUT2D eigenvalue weighted by Gasteiger charge is 2.10. The van der Waals surface area contributed by atoms with Crippen molar-refractivity contribution >= 4 is 56.7 Å². The Bertz CT molecular complexity index is 922. The standard InChI is InChI=1S/C19H18BrN5.ClH/c1-2-3-11-22-18-15-5-4-6-16(20)17(15)24-19(25-18)23-14-9-7-13(12-21)8-10-14;/h4-10H,2-3,11H2,1H3,(H2,22,23,24,25);1H. The molecular weight excluding hydrogens is 414 g/mol. The first-order chi connectivity index (χ1) is 12.2. The number of rotatable bonds is 6. The summed E-state index contributed by atoms with van der Waals surface area (Å²) in [7, 11) is 0. The van der Waals surface area contributed by atoms with Gasteiger partial charge in [0.05, 0.1) is 17.1 Å². The van der Waals surface area contributed by atoms with Gasteiger partial charge in [-0.25, -0.2) is 4.98 Å². The summed E-state index contributed by atoms with van der Waals surface area (Å²) >= 11 is 3.57. The number of halogens is 2. The molecule has 0 saturated heterocycles. The smallest absolute Gasteiger partial charge is 0.229 e. The fourth-order valence-corrected chi connectivity index (χ4v) is 2.90. The highest BCUT2D eigenvalue weighted by Crippen LogP contribution is 2.29. The quantitative estimate of drug-likeness (QED) is 0.493. The minimum absolute atomic E-state index is 0. The lowest BCUT2D eigenvalue weighted by molar-refractivity contribution is 0.832. The van der Waals surface area contributed by atoms with Gasteiger partial charge in [0, 0.05) is 22.1 Å². The van der Waals surface area contributed by atoms with Crippen LogP contribution in [0.3, 0.4) is 0 Å². The maximum atomic E-state index is 8.90. The zero-order valence-electron chi connectivity index (χ0n) is 14.3. The number of nitrogens with one attached hydrogen (secondary N) is 2. The average Bonchev–Trinajstić information content (AvgIpc) is 2.63. The Balaban J connectivity index is 0.00000243. The lowest BCUT2D eigenvalue weighted by Gasteiger charge is -2.12. The number of fused-ring (bicyclic) bond motifs is 1. The van der Waals surface area contributed by atoms with Gasteiger partial charge in [0.2, 0.25) is 5.95 Å². The molecule has 5 nitrogen and oxygen atoms in total. The maximum Gasteiger partial charge on any atom is 0.229 e. The van der Waals surface area contributed by atoms with E-state index in [1.54, 1.807) is 12.1 Å². The van der Waals surface area contributed by atoms with Crippen LogP contribution in [-0.4, -0.2) is 16.5 Å². The first-order valence-electron chi connectivity index (χ1n) is 8.18. The van der Waals surface area contributed by atoms with Crippen LogP contribution >= 0.6 is 28.3 Å². The average molecular weight is 433 g/mol. The van der Waals surface area contributed by atoms with Crippen molar-refractivity contribution in [1.29, 1.82) is 5.26 Å². The van der Waals surface area contributed by atoms with E-state index < -0.39 is 0 Å². The normalized spacial score (nSPS) is 10.0. The van der Waals surface area contributed by atoms with Crippen molar-refractivity contribution in [3.63, 3.8) is 0 Å². The Labute approximate surface area is 167 Å². The molecule has 0 fully saturated rings. The monoisotopic (exact) mass is 431 g/mol. The van der Waals surface area contributed by atoms with Gasteiger partial charge >= 0.3 is 0 Å². The Hall–Kier alpha value is -2.36. The molecule has 1 heterocycles. The van der Waals surface area contributed by atoms with E-state index in [4.69, 9.17) is 5.26 Å². The Morgan fingerprint density at radius 3 is 2.58 bits per heavy atom. The Morgan fingerprint density at radius 1 is 1.12 bits per heavy atom. The van der Waals surface area contributed by atoms with Gasteiger partial charge in [0.1, 0.15) is 5.82 Å². The van der Waals surface area contributed by atoms with Crippen molar-refractivity contribution in [2.75, 3.05) is 17.2 Å². The number of anilines is 3. The van der Waals surface area contributed by atoms with E-state index in [-0.39, 0.29) is 12.4 Å². The third kappa shape index (κ3) is 4.63. The van der Waals surface area contributed by atoms with Crippen molar-refractivity contribution in [3.05, 3.63) is 52.5 Å². The topological polar surface area (TPSA) is 73.6 Å². The van der Waals surface area contributed by atoms with Crippen LogP contribution in [0, 0.1) is 11.3 Å². The number of hydrogen-bond donors (Lipinski definition) is 2. The van der Waals surface area contributed by atoms with Crippen molar-refractivity contribution in [1.82, 2.24) is 9.97 Å². The lowest BCUT2D eigenvalue weighted by Crippen LogP contribution is -2.07. The van der Waals surface area contributed by atoms with Gasteiger partial charge in [-0.2, -0.15) is 10.2 Å². The van der Waals surface area contributed by atoms with Crippen molar-refractivity contribution in [2.45, 2.75) is 19.8 Å². The molecule has 0 aliphatic rings. The molecular formula is C19H19BrClN5. The largest absolute Gasteiger partial charge is 0.369 e. The number of aromatic nitrogens is 2. The minimum Gasteiger partial charge on any atom is -0.369 e. The van der Waals surface area contributed by atoms with Crippen molar-refractivity contribution in [3.8, 4) is 6.07 Å². The fourth-order valence-electron chi connectivity index (χ4n) is 2.45. The van der Waals surface area contributed by atoms with Crippen LogP contribution in [0.1, 0.15) is 25.3 Å². The number of benzene rings is 2. The van der Waals surface area contributed by atoms with Crippen LogP contribution < -0.4 is 10.6 Å². The highest BCUT2D eigenvalue weighted by molar-refractivity contribution is 9.10. The van der Waals surface area contributed by atoms with Gasteiger partial charge in [-0.05, 0) is 58.7 Å². The van der Waals surface area contributed by atoms with E-state index in [9.17, 15) is 0 Å². The van der Waals surface area contributed by atoms with E-state index in [0.717, 1.165) is 46.3 Å². The number of hydrogen-bond acceptors (Lipinski definition) is 5. The molecule has 0 radical (unpaired) electrons. The van der Waals surface area contributed by atoms with Gasteiger partial charge in [0.25, 0.3) is 0 Å². The first kappa shape index (κ1) is 20.0.